The first-order chi connectivity index (χ1) is 8.02. The SMILES string of the molecule is CS(=O)(=O)c1ccccc1CON1CC1C#N. The van der Waals surface area contributed by atoms with Crippen molar-refractivity contribution in [3.8, 4) is 6.07 Å². The Hall–Kier alpha value is -1.42. The monoisotopic (exact) mass is 252 g/mol. The maximum atomic E-state index is 11.5. The van der Waals surface area contributed by atoms with E-state index in [1.807, 2.05) is 0 Å². The van der Waals surface area contributed by atoms with Crippen molar-refractivity contribution in [1.29, 1.82) is 5.26 Å². The summed E-state index contributed by atoms with van der Waals surface area (Å²) >= 11 is 0. The average Bonchev–Trinajstić information content (AvgIpc) is 3.04. The van der Waals surface area contributed by atoms with Crippen molar-refractivity contribution in [3.05, 3.63) is 29.8 Å². The van der Waals surface area contributed by atoms with E-state index in [9.17, 15) is 8.42 Å². The molecule has 1 aromatic carbocycles. The Labute approximate surface area is 100 Å². The highest BCUT2D eigenvalue weighted by atomic mass is 32.2. The standard InChI is InChI=1S/C11H12N2O3S/c1-17(14,15)11-5-3-2-4-9(11)8-16-13-7-10(13)6-12/h2-5,10H,7-8H2,1H3. The number of sulfone groups is 1. The van der Waals surface area contributed by atoms with Crippen LogP contribution in [0.2, 0.25) is 0 Å². The molecule has 0 amide bonds. The van der Waals surface area contributed by atoms with Gasteiger partial charge in [-0.15, -0.1) is 0 Å². The Morgan fingerprint density at radius 3 is 2.82 bits per heavy atom. The van der Waals surface area contributed by atoms with Crippen LogP contribution in [0, 0.1) is 11.3 Å². The first kappa shape index (κ1) is 12.0. The van der Waals surface area contributed by atoms with E-state index in [0.717, 1.165) is 0 Å². The van der Waals surface area contributed by atoms with E-state index in [-0.39, 0.29) is 17.5 Å². The Kier molecular flexibility index (Phi) is 3.15. The van der Waals surface area contributed by atoms with Gasteiger partial charge in [0.2, 0.25) is 0 Å². The molecular weight excluding hydrogens is 240 g/mol. The van der Waals surface area contributed by atoms with E-state index in [2.05, 4.69) is 6.07 Å². The lowest BCUT2D eigenvalue weighted by molar-refractivity contribution is -0.0834. The Bertz CT molecular complexity index is 562. The number of rotatable bonds is 4. The normalized spacial score (nSPS) is 23.1. The van der Waals surface area contributed by atoms with Gasteiger partial charge in [-0.05, 0) is 11.6 Å². The molecule has 5 nitrogen and oxygen atoms in total. The van der Waals surface area contributed by atoms with E-state index < -0.39 is 9.84 Å². The quantitative estimate of drug-likeness (QED) is 0.739. The van der Waals surface area contributed by atoms with Gasteiger partial charge in [0.05, 0.1) is 24.1 Å². The van der Waals surface area contributed by atoms with Gasteiger partial charge in [-0.1, -0.05) is 18.2 Å². The molecule has 17 heavy (non-hydrogen) atoms. The predicted octanol–water partition coefficient (Wildman–Crippen LogP) is 0.729. The van der Waals surface area contributed by atoms with Crippen LogP contribution in [0.25, 0.3) is 0 Å². The molecule has 1 heterocycles. The lowest BCUT2D eigenvalue weighted by Crippen LogP contribution is -2.07. The van der Waals surface area contributed by atoms with E-state index in [4.69, 9.17) is 10.1 Å². The number of nitrogens with zero attached hydrogens (tertiary/aromatic N) is 2. The molecule has 0 N–H and O–H groups in total. The van der Waals surface area contributed by atoms with Gasteiger partial charge in [0.1, 0.15) is 6.04 Å². The molecule has 2 unspecified atom stereocenters. The lowest BCUT2D eigenvalue weighted by Gasteiger charge is -2.08. The summed E-state index contributed by atoms with van der Waals surface area (Å²) < 4.78 is 23.0. The number of nitriles is 1. The van der Waals surface area contributed by atoms with Crippen LogP contribution in [0.3, 0.4) is 0 Å². The summed E-state index contributed by atoms with van der Waals surface area (Å²) in [6.45, 7) is 0.749. The van der Waals surface area contributed by atoms with Gasteiger partial charge in [-0.25, -0.2) is 8.42 Å². The number of hydrogen-bond acceptors (Lipinski definition) is 5. The zero-order valence-corrected chi connectivity index (χ0v) is 10.1. The molecule has 1 aliphatic rings. The van der Waals surface area contributed by atoms with Crippen LogP contribution in [0.5, 0.6) is 0 Å². The molecule has 1 aliphatic heterocycles. The molecule has 90 valence electrons. The topological polar surface area (TPSA) is 70.2 Å². The van der Waals surface area contributed by atoms with Gasteiger partial charge in [-0.2, -0.15) is 10.3 Å². The molecule has 0 radical (unpaired) electrons. The molecule has 2 atom stereocenters. The average molecular weight is 252 g/mol. The minimum atomic E-state index is -3.24. The van der Waals surface area contributed by atoms with Crippen LogP contribution in [0.15, 0.2) is 29.2 Å². The number of hydrogen-bond donors (Lipinski definition) is 0. The summed E-state index contributed by atoms with van der Waals surface area (Å²) in [6.07, 6.45) is 1.17. The fourth-order valence-corrected chi connectivity index (χ4v) is 2.44. The second-order valence-electron chi connectivity index (χ2n) is 3.90. The van der Waals surface area contributed by atoms with Crippen LogP contribution in [-0.2, 0) is 21.3 Å². The first-order valence-corrected chi connectivity index (χ1v) is 6.98. The van der Waals surface area contributed by atoms with Gasteiger partial charge >= 0.3 is 0 Å². The predicted molar refractivity (Wildman–Crippen MR) is 60.4 cm³/mol. The fourth-order valence-electron chi connectivity index (χ4n) is 1.51. The molecule has 6 heteroatoms. The van der Waals surface area contributed by atoms with E-state index in [0.29, 0.717) is 12.1 Å². The number of benzene rings is 1. The molecule has 0 spiro atoms. The highest BCUT2D eigenvalue weighted by Gasteiger charge is 2.35. The van der Waals surface area contributed by atoms with E-state index in [1.165, 1.54) is 11.3 Å². The molecule has 1 fully saturated rings. The lowest BCUT2D eigenvalue weighted by atomic mass is 10.2. The van der Waals surface area contributed by atoms with Crippen molar-refractivity contribution in [2.75, 3.05) is 12.8 Å². The van der Waals surface area contributed by atoms with Gasteiger partial charge in [0.15, 0.2) is 9.84 Å². The first-order valence-electron chi connectivity index (χ1n) is 5.09. The molecule has 1 aromatic rings. The summed E-state index contributed by atoms with van der Waals surface area (Å²) in [7, 11) is -3.24. The maximum absolute atomic E-state index is 11.5. The van der Waals surface area contributed by atoms with Crippen molar-refractivity contribution in [3.63, 3.8) is 0 Å². The van der Waals surface area contributed by atoms with Crippen molar-refractivity contribution in [2.45, 2.75) is 17.5 Å². The summed E-state index contributed by atoms with van der Waals surface area (Å²) in [5, 5.41) is 10.1. The highest BCUT2D eigenvalue weighted by Crippen LogP contribution is 2.21. The summed E-state index contributed by atoms with van der Waals surface area (Å²) in [5.74, 6) is 0. The van der Waals surface area contributed by atoms with Crippen molar-refractivity contribution in [1.82, 2.24) is 5.06 Å². The zero-order chi connectivity index (χ0) is 12.5. The Morgan fingerprint density at radius 2 is 2.24 bits per heavy atom. The largest absolute Gasteiger partial charge is 0.293 e. The van der Waals surface area contributed by atoms with Crippen LogP contribution < -0.4 is 0 Å². The fraction of sp³-hybridized carbons (Fsp3) is 0.364. The molecule has 2 rings (SSSR count). The minimum absolute atomic E-state index is 0.168. The van der Waals surface area contributed by atoms with Crippen LogP contribution in [0.4, 0.5) is 0 Å². The third-order valence-electron chi connectivity index (χ3n) is 2.47. The summed E-state index contributed by atoms with van der Waals surface area (Å²) in [4.78, 5) is 5.60. The van der Waals surface area contributed by atoms with Gasteiger partial charge < -0.3 is 0 Å². The molecule has 1 saturated heterocycles. The van der Waals surface area contributed by atoms with Crippen LogP contribution in [-0.4, -0.2) is 32.3 Å². The molecule has 0 saturated carbocycles. The number of hydroxylamine groups is 2. The Morgan fingerprint density at radius 1 is 1.53 bits per heavy atom. The summed E-state index contributed by atoms with van der Waals surface area (Å²) in [6, 6.07) is 8.56. The van der Waals surface area contributed by atoms with Gasteiger partial charge in [0, 0.05) is 6.26 Å². The maximum Gasteiger partial charge on any atom is 0.175 e. The Balaban J connectivity index is 2.09. The zero-order valence-electron chi connectivity index (χ0n) is 9.33. The van der Waals surface area contributed by atoms with Crippen LogP contribution >= 0.6 is 0 Å². The van der Waals surface area contributed by atoms with Crippen molar-refractivity contribution < 1.29 is 13.3 Å². The smallest absolute Gasteiger partial charge is 0.175 e. The van der Waals surface area contributed by atoms with Crippen LogP contribution in [0.1, 0.15) is 5.56 Å². The molecule has 0 bridgehead atoms. The van der Waals surface area contributed by atoms with Gasteiger partial charge in [0.25, 0.3) is 0 Å². The van der Waals surface area contributed by atoms with E-state index in [1.54, 1.807) is 24.3 Å². The summed E-state index contributed by atoms with van der Waals surface area (Å²) in [5.41, 5.74) is 0.610. The highest BCUT2D eigenvalue weighted by molar-refractivity contribution is 7.90. The van der Waals surface area contributed by atoms with E-state index >= 15 is 0 Å². The van der Waals surface area contributed by atoms with Crippen molar-refractivity contribution in [2.24, 2.45) is 0 Å². The minimum Gasteiger partial charge on any atom is -0.293 e. The second-order valence-corrected chi connectivity index (χ2v) is 5.88. The molecule has 0 aliphatic carbocycles. The molecule has 0 aromatic heterocycles. The third kappa shape index (κ3) is 2.82. The molecular formula is C11H12N2O3S. The van der Waals surface area contributed by atoms with Crippen molar-refractivity contribution >= 4 is 9.84 Å². The second kappa shape index (κ2) is 4.45. The third-order valence-corrected chi connectivity index (χ3v) is 3.67. The van der Waals surface area contributed by atoms with Gasteiger partial charge in [-0.3, -0.25) is 4.84 Å².